The predicted octanol–water partition coefficient (Wildman–Crippen LogP) is 3.84. The molecule has 1 aliphatic rings. The summed E-state index contributed by atoms with van der Waals surface area (Å²) in [5.41, 5.74) is 2.98. The summed E-state index contributed by atoms with van der Waals surface area (Å²) in [6.07, 6.45) is 4.00. The van der Waals surface area contributed by atoms with Crippen molar-refractivity contribution in [2.24, 2.45) is 5.14 Å². The fourth-order valence-corrected chi connectivity index (χ4v) is 4.11. The number of hydrogen-bond donors (Lipinski definition) is 4. The van der Waals surface area contributed by atoms with E-state index < -0.39 is 11.0 Å². The number of thiocarbonyl (C=S) groups is 1. The van der Waals surface area contributed by atoms with Gasteiger partial charge in [0.1, 0.15) is 11.0 Å². The average molecular weight is 445 g/mol. The average Bonchev–Trinajstić information content (AvgIpc) is 3.24. The molecule has 0 bridgehead atoms. The molecule has 0 saturated carbocycles. The van der Waals surface area contributed by atoms with Gasteiger partial charge in [0.25, 0.3) is 0 Å². The zero-order valence-corrected chi connectivity index (χ0v) is 18.9. The van der Waals surface area contributed by atoms with Crippen molar-refractivity contribution in [3.8, 4) is 0 Å². The Balaban J connectivity index is 0.00000124. The number of aromatic amines is 1. The van der Waals surface area contributed by atoms with Gasteiger partial charge in [0.05, 0.1) is 16.6 Å². The lowest BCUT2D eigenvalue weighted by Crippen LogP contribution is -2.46. The predicted molar refractivity (Wildman–Crippen MR) is 129 cm³/mol. The van der Waals surface area contributed by atoms with Gasteiger partial charge in [-0.05, 0) is 67.5 Å². The second-order valence-corrected chi connectivity index (χ2v) is 8.31. The van der Waals surface area contributed by atoms with Crippen molar-refractivity contribution in [3.05, 3.63) is 48.7 Å². The number of anilines is 2. The molecule has 4 rings (SSSR count). The van der Waals surface area contributed by atoms with Crippen molar-refractivity contribution < 1.29 is 4.21 Å². The quantitative estimate of drug-likeness (QED) is 0.456. The van der Waals surface area contributed by atoms with Crippen LogP contribution in [0, 0.1) is 0 Å². The third-order valence-corrected chi connectivity index (χ3v) is 5.95. The molecule has 2 heterocycles. The van der Waals surface area contributed by atoms with Crippen LogP contribution in [0.2, 0.25) is 0 Å². The smallest absolute Gasteiger partial charge is 0.173 e. The first-order valence-corrected chi connectivity index (χ1v) is 11.7. The fraction of sp³-hybridized carbons (Fsp3) is 0.333. The van der Waals surface area contributed by atoms with Crippen LogP contribution < -0.4 is 15.8 Å². The van der Waals surface area contributed by atoms with Crippen molar-refractivity contribution in [1.29, 1.82) is 0 Å². The zero-order valence-electron chi connectivity index (χ0n) is 17.2. The number of hydrogen-bond acceptors (Lipinski definition) is 4. The summed E-state index contributed by atoms with van der Waals surface area (Å²) in [6, 6.07) is 13.7. The normalized spacial score (nSPS) is 17.0. The molecule has 1 aromatic heterocycles. The van der Waals surface area contributed by atoms with Gasteiger partial charge in [0.15, 0.2) is 5.11 Å². The third kappa shape index (κ3) is 5.56. The molecular weight excluding hydrogens is 416 g/mol. The minimum absolute atomic E-state index is 0.319. The van der Waals surface area contributed by atoms with E-state index in [1.54, 1.807) is 12.1 Å². The number of likely N-dealkylation sites (tertiary alicyclic amines) is 1. The standard InChI is InChI=1S/C19H22N6OS2.C2H6/c20-28(26)17-6-3-14(4-7-17)23-19(27)25-9-1-2-16(12-25)22-15-5-8-18-13(10-15)11-21-24-18;1-2/h3-8,10-11,16,22H,1-2,9,12,20H2,(H,21,24)(H,23,27);1-2H3. The van der Waals surface area contributed by atoms with Crippen molar-refractivity contribution in [2.45, 2.75) is 37.6 Å². The molecule has 2 atom stereocenters. The highest BCUT2D eigenvalue weighted by atomic mass is 32.2. The molecule has 1 fully saturated rings. The highest BCUT2D eigenvalue weighted by Crippen LogP contribution is 2.21. The lowest BCUT2D eigenvalue weighted by atomic mass is 10.1. The number of nitrogens with one attached hydrogen (secondary N) is 3. The van der Waals surface area contributed by atoms with Crippen molar-refractivity contribution >= 4 is 50.6 Å². The molecule has 1 aliphatic heterocycles. The van der Waals surface area contributed by atoms with Crippen LogP contribution in [-0.2, 0) is 11.0 Å². The summed E-state index contributed by atoms with van der Waals surface area (Å²) >= 11 is 5.60. The Morgan fingerprint density at radius 3 is 2.70 bits per heavy atom. The minimum Gasteiger partial charge on any atom is -0.381 e. The summed E-state index contributed by atoms with van der Waals surface area (Å²) in [4.78, 5) is 2.77. The van der Waals surface area contributed by atoms with Crippen LogP contribution in [-0.4, -0.2) is 43.5 Å². The van der Waals surface area contributed by atoms with Gasteiger partial charge in [0, 0.05) is 35.9 Å². The number of nitrogens with two attached hydrogens (primary N) is 1. The Labute approximate surface area is 185 Å². The first-order valence-electron chi connectivity index (χ1n) is 10.1. The molecule has 9 heteroatoms. The van der Waals surface area contributed by atoms with E-state index in [1.165, 1.54) is 0 Å². The second kappa shape index (κ2) is 10.5. The van der Waals surface area contributed by atoms with Crippen LogP contribution in [0.15, 0.2) is 53.6 Å². The van der Waals surface area contributed by atoms with Gasteiger partial charge >= 0.3 is 0 Å². The molecular formula is C21H28N6OS2. The second-order valence-electron chi connectivity index (χ2n) is 6.85. The Bertz CT molecular complexity index is 1000. The van der Waals surface area contributed by atoms with E-state index in [4.69, 9.17) is 17.4 Å². The SMILES string of the molecule is CC.NS(=O)c1ccc(NC(=S)N2CCCC(Nc3ccc4[nH]ncc4c3)C2)cc1. The summed E-state index contributed by atoms with van der Waals surface area (Å²) < 4.78 is 11.3. The maximum atomic E-state index is 11.3. The molecule has 7 nitrogen and oxygen atoms in total. The number of H-pyrrole nitrogens is 1. The maximum Gasteiger partial charge on any atom is 0.173 e. The van der Waals surface area contributed by atoms with Gasteiger partial charge in [-0.3, -0.25) is 5.10 Å². The van der Waals surface area contributed by atoms with E-state index in [9.17, 15) is 4.21 Å². The molecule has 1 saturated heterocycles. The summed E-state index contributed by atoms with van der Waals surface area (Å²) in [7, 11) is -1.47. The van der Waals surface area contributed by atoms with Crippen molar-refractivity contribution in [1.82, 2.24) is 15.1 Å². The number of nitrogens with zero attached hydrogens (tertiary/aromatic N) is 2. The number of piperidine rings is 1. The lowest BCUT2D eigenvalue weighted by Gasteiger charge is -2.35. The Morgan fingerprint density at radius 1 is 1.23 bits per heavy atom. The molecule has 0 aliphatic carbocycles. The summed E-state index contributed by atoms with van der Waals surface area (Å²) in [5, 5.41) is 21.1. The Kier molecular flexibility index (Phi) is 7.78. The van der Waals surface area contributed by atoms with Gasteiger partial charge in [-0.15, -0.1) is 0 Å². The minimum atomic E-state index is -1.47. The Morgan fingerprint density at radius 2 is 1.97 bits per heavy atom. The zero-order chi connectivity index (χ0) is 21.5. The van der Waals surface area contributed by atoms with E-state index in [-0.39, 0.29) is 0 Å². The van der Waals surface area contributed by atoms with E-state index in [1.807, 2.05) is 38.2 Å². The lowest BCUT2D eigenvalue weighted by molar-refractivity contribution is 0.325. The van der Waals surface area contributed by atoms with E-state index in [0.717, 1.165) is 48.2 Å². The first-order chi connectivity index (χ1) is 14.6. The maximum absolute atomic E-state index is 11.3. The number of benzene rings is 2. The number of fused-ring (bicyclic) bond motifs is 1. The van der Waals surface area contributed by atoms with Gasteiger partial charge in [-0.25, -0.2) is 9.35 Å². The molecule has 0 amide bonds. The van der Waals surface area contributed by atoms with E-state index >= 15 is 0 Å². The third-order valence-electron chi connectivity index (χ3n) is 4.86. The summed E-state index contributed by atoms with van der Waals surface area (Å²) in [5.74, 6) is 0. The molecule has 2 unspecified atom stereocenters. The van der Waals surface area contributed by atoms with Crippen molar-refractivity contribution in [3.63, 3.8) is 0 Å². The van der Waals surface area contributed by atoms with Crippen LogP contribution in [0.25, 0.3) is 10.9 Å². The van der Waals surface area contributed by atoms with Crippen LogP contribution in [0.4, 0.5) is 11.4 Å². The molecule has 3 aromatic rings. The van der Waals surface area contributed by atoms with Gasteiger partial charge in [-0.2, -0.15) is 5.10 Å². The number of aromatic nitrogens is 2. The van der Waals surface area contributed by atoms with Crippen molar-refractivity contribution in [2.75, 3.05) is 23.7 Å². The van der Waals surface area contributed by atoms with E-state index in [0.29, 0.717) is 16.0 Å². The van der Waals surface area contributed by atoms with Crippen LogP contribution in [0.5, 0.6) is 0 Å². The molecule has 30 heavy (non-hydrogen) atoms. The monoisotopic (exact) mass is 444 g/mol. The van der Waals surface area contributed by atoms with E-state index in [2.05, 4.69) is 37.9 Å². The molecule has 0 radical (unpaired) electrons. The largest absolute Gasteiger partial charge is 0.381 e. The summed E-state index contributed by atoms with van der Waals surface area (Å²) in [6.45, 7) is 5.76. The van der Waals surface area contributed by atoms with Gasteiger partial charge in [0.2, 0.25) is 0 Å². The molecule has 0 spiro atoms. The number of rotatable bonds is 4. The van der Waals surface area contributed by atoms with Gasteiger partial charge < -0.3 is 15.5 Å². The molecule has 2 aromatic carbocycles. The van der Waals surface area contributed by atoms with Crippen LogP contribution >= 0.6 is 12.2 Å². The first kappa shape index (κ1) is 22.2. The topological polar surface area (TPSA) is 99.1 Å². The van der Waals surface area contributed by atoms with Crippen LogP contribution in [0.3, 0.4) is 0 Å². The highest BCUT2D eigenvalue weighted by Gasteiger charge is 2.22. The highest BCUT2D eigenvalue weighted by molar-refractivity contribution is 7.82. The molecule has 160 valence electrons. The Hall–Kier alpha value is -2.49. The fourth-order valence-electron chi connectivity index (χ4n) is 3.42. The van der Waals surface area contributed by atoms with Gasteiger partial charge in [-0.1, -0.05) is 13.8 Å². The van der Waals surface area contributed by atoms with Crippen LogP contribution in [0.1, 0.15) is 26.7 Å². The molecule has 5 N–H and O–H groups in total.